The summed E-state index contributed by atoms with van der Waals surface area (Å²) in [5.41, 5.74) is 0.259. The second kappa shape index (κ2) is 6.23. The second-order valence-corrected chi connectivity index (χ2v) is 5.49. The fraction of sp³-hybridized carbons (Fsp3) is 0.467. The smallest absolute Gasteiger partial charge is 0.411 e. The van der Waals surface area contributed by atoms with Gasteiger partial charge in [0.1, 0.15) is 5.39 Å². The van der Waals surface area contributed by atoms with Crippen molar-refractivity contribution >= 4 is 22.8 Å². The van der Waals surface area contributed by atoms with Crippen molar-refractivity contribution in [3.63, 3.8) is 0 Å². The van der Waals surface area contributed by atoms with Gasteiger partial charge in [0.15, 0.2) is 5.65 Å². The van der Waals surface area contributed by atoms with Crippen molar-refractivity contribution in [3.8, 4) is 0 Å². The Labute approximate surface area is 132 Å². The minimum Gasteiger partial charge on any atom is -0.450 e. The van der Waals surface area contributed by atoms with Crippen LogP contribution in [-0.2, 0) is 18.8 Å². The number of hydrogen-bond acceptors (Lipinski definition) is 5. The van der Waals surface area contributed by atoms with E-state index in [1.807, 2.05) is 13.8 Å². The van der Waals surface area contributed by atoms with Crippen LogP contribution in [0, 0.1) is 0 Å². The Morgan fingerprint density at radius 1 is 1.30 bits per heavy atom. The maximum absolute atomic E-state index is 12.6. The third-order valence-electron chi connectivity index (χ3n) is 3.62. The predicted octanol–water partition coefficient (Wildman–Crippen LogP) is 1.32. The van der Waals surface area contributed by atoms with Crippen LogP contribution in [0.3, 0.4) is 0 Å². The SMILES string of the molecule is CCOC(=O)Nc1c(C(C)C)cnc2c1c(=O)n(C)c(=O)n2C. The summed E-state index contributed by atoms with van der Waals surface area (Å²) < 4.78 is 7.17. The molecule has 0 aliphatic rings. The van der Waals surface area contributed by atoms with E-state index < -0.39 is 17.3 Å². The van der Waals surface area contributed by atoms with E-state index in [1.165, 1.54) is 18.7 Å². The molecular weight excluding hydrogens is 300 g/mol. The molecule has 0 bridgehead atoms. The first-order valence-electron chi connectivity index (χ1n) is 7.31. The van der Waals surface area contributed by atoms with E-state index >= 15 is 0 Å². The van der Waals surface area contributed by atoms with E-state index in [-0.39, 0.29) is 23.6 Å². The number of nitrogens with one attached hydrogen (secondary N) is 1. The van der Waals surface area contributed by atoms with Gasteiger partial charge in [-0.1, -0.05) is 13.8 Å². The summed E-state index contributed by atoms with van der Waals surface area (Å²) >= 11 is 0. The number of carbonyl (C=O) groups excluding carboxylic acids is 1. The Kier molecular flexibility index (Phi) is 4.53. The van der Waals surface area contributed by atoms with Crippen LogP contribution in [0.15, 0.2) is 15.8 Å². The molecule has 2 aromatic rings. The molecule has 1 N–H and O–H groups in total. The lowest BCUT2D eigenvalue weighted by atomic mass is 10.0. The van der Waals surface area contributed by atoms with Gasteiger partial charge in [0.05, 0.1) is 12.3 Å². The van der Waals surface area contributed by atoms with Gasteiger partial charge in [0, 0.05) is 20.3 Å². The quantitative estimate of drug-likeness (QED) is 0.920. The Morgan fingerprint density at radius 3 is 2.52 bits per heavy atom. The molecular formula is C15H20N4O4. The van der Waals surface area contributed by atoms with Crippen LogP contribution >= 0.6 is 0 Å². The summed E-state index contributed by atoms with van der Waals surface area (Å²) in [5.74, 6) is 0.0192. The summed E-state index contributed by atoms with van der Waals surface area (Å²) in [6.07, 6.45) is 0.908. The molecule has 0 fully saturated rings. The normalized spacial score (nSPS) is 11.0. The lowest BCUT2D eigenvalue weighted by Crippen LogP contribution is -2.38. The number of carbonyl (C=O) groups is 1. The molecule has 0 aromatic carbocycles. The van der Waals surface area contributed by atoms with Crippen LogP contribution in [-0.4, -0.2) is 26.8 Å². The standard InChI is InChI=1S/C15H20N4O4/c1-6-23-14(21)17-11-9(8(2)3)7-16-12-10(11)13(20)19(5)15(22)18(12)4/h7-8H,6H2,1-5H3,(H,16,17,21). The Morgan fingerprint density at radius 2 is 1.96 bits per heavy atom. The highest BCUT2D eigenvalue weighted by atomic mass is 16.5. The first-order chi connectivity index (χ1) is 10.8. The highest BCUT2D eigenvalue weighted by Gasteiger charge is 2.20. The molecule has 2 aromatic heterocycles. The maximum Gasteiger partial charge on any atom is 0.411 e. The van der Waals surface area contributed by atoms with Crippen molar-refractivity contribution in [3.05, 3.63) is 32.6 Å². The van der Waals surface area contributed by atoms with Gasteiger partial charge in [-0.3, -0.25) is 19.2 Å². The molecule has 0 unspecified atom stereocenters. The van der Waals surface area contributed by atoms with Gasteiger partial charge >= 0.3 is 11.8 Å². The summed E-state index contributed by atoms with van der Waals surface area (Å²) in [4.78, 5) is 40.7. The average Bonchev–Trinajstić information content (AvgIpc) is 2.50. The van der Waals surface area contributed by atoms with Crippen molar-refractivity contribution in [2.24, 2.45) is 14.1 Å². The molecule has 23 heavy (non-hydrogen) atoms. The topological polar surface area (TPSA) is 95.2 Å². The number of amides is 1. The van der Waals surface area contributed by atoms with Crippen molar-refractivity contribution in [2.45, 2.75) is 26.7 Å². The maximum atomic E-state index is 12.6. The number of fused-ring (bicyclic) bond motifs is 1. The molecule has 2 heterocycles. The van der Waals surface area contributed by atoms with E-state index in [0.29, 0.717) is 11.3 Å². The third-order valence-corrected chi connectivity index (χ3v) is 3.62. The minimum atomic E-state index is -0.655. The van der Waals surface area contributed by atoms with E-state index in [1.54, 1.807) is 13.1 Å². The minimum absolute atomic E-state index is 0.0192. The zero-order chi connectivity index (χ0) is 17.3. The van der Waals surface area contributed by atoms with Gasteiger partial charge in [-0.05, 0) is 18.4 Å². The van der Waals surface area contributed by atoms with Gasteiger partial charge < -0.3 is 4.74 Å². The number of anilines is 1. The largest absolute Gasteiger partial charge is 0.450 e. The van der Waals surface area contributed by atoms with E-state index in [4.69, 9.17) is 4.74 Å². The monoisotopic (exact) mass is 320 g/mol. The van der Waals surface area contributed by atoms with E-state index in [9.17, 15) is 14.4 Å². The summed E-state index contributed by atoms with van der Waals surface area (Å²) in [5, 5.41) is 2.81. The fourth-order valence-electron chi connectivity index (χ4n) is 2.38. The van der Waals surface area contributed by atoms with Gasteiger partial charge in [0.2, 0.25) is 0 Å². The molecule has 124 valence electrons. The number of rotatable bonds is 3. The van der Waals surface area contributed by atoms with Crippen molar-refractivity contribution in [2.75, 3.05) is 11.9 Å². The third kappa shape index (κ3) is 2.84. The first kappa shape index (κ1) is 16.7. The van der Waals surface area contributed by atoms with Crippen LogP contribution in [0.5, 0.6) is 0 Å². The zero-order valence-corrected chi connectivity index (χ0v) is 13.8. The van der Waals surface area contributed by atoms with Gasteiger partial charge in [-0.2, -0.15) is 0 Å². The molecule has 2 rings (SSSR count). The van der Waals surface area contributed by atoms with Crippen LogP contribution in [0.4, 0.5) is 10.5 Å². The first-order valence-corrected chi connectivity index (χ1v) is 7.31. The number of hydrogen-bond donors (Lipinski definition) is 1. The molecule has 8 heteroatoms. The lowest BCUT2D eigenvalue weighted by molar-refractivity contribution is 0.168. The zero-order valence-electron chi connectivity index (χ0n) is 13.8. The van der Waals surface area contributed by atoms with E-state index in [0.717, 1.165) is 4.57 Å². The Hall–Kier alpha value is -2.64. The molecule has 0 atom stereocenters. The van der Waals surface area contributed by atoms with Crippen LogP contribution in [0.2, 0.25) is 0 Å². The molecule has 0 aliphatic heterocycles. The number of aromatic nitrogens is 3. The molecule has 0 aliphatic carbocycles. The Bertz CT molecular complexity index is 880. The lowest BCUT2D eigenvalue weighted by Gasteiger charge is -2.17. The van der Waals surface area contributed by atoms with Crippen LogP contribution in [0.1, 0.15) is 32.3 Å². The molecule has 0 spiro atoms. The predicted molar refractivity (Wildman–Crippen MR) is 87.0 cm³/mol. The molecule has 1 amide bonds. The van der Waals surface area contributed by atoms with Gasteiger partial charge in [0.25, 0.3) is 5.56 Å². The molecule has 0 saturated carbocycles. The van der Waals surface area contributed by atoms with Gasteiger partial charge in [-0.15, -0.1) is 0 Å². The number of ether oxygens (including phenoxy) is 1. The number of aryl methyl sites for hydroxylation is 1. The van der Waals surface area contributed by atoms with Crippen LogP contribution < -0.4 is 16.6 Å². The number of pyridine rings is 1. The van der Waals surface area contributed by atoms with Gasteiger partial charge in [-0.25, -0.2) is 14.6 Å². The summed E-state index contributed by atoms with van der Waals surface area (Å²) in [6, 6.07) is 0. The fourth-order valence-corrected chi connectivity index (χ4v) is 2.38. The summed E-state index contributed by atoms with van der Waals surface area (Å²) in [7, 11) is 2.92. The highest BCUT2D eigenvalue weighted by molar-refractivity contribution is 5.98. The van der Waals surface area contributed by atoms with Crippen molar-refractivity contribution in [1.29, 1.82) is 0 Å². The van der Waals surface area contributed by atoms with Crippen LogP contribution in [0.25, 0.3) is 11.0 Å². The van der Waals surface area contributed by atoms with E-state index in [2.05, 4.69) is 10.3 Å². The highest BCUT2D eigenvalue weighted by Crippen LogP contribution is 2.28. The second-order valence-electron chi connectivity index (χ2n) is 5.49. The summed E-state index contributed by atoms with van der Waals surface area (Å²) in [6.45, 7) is 5.75. The number of nitrogens with zero attached hydrogens (tertiary/aromatic N) is 3. The van der Waals surface area contributed by atoms with Crippen molar-refractivity contribution < 1.29 is 9.53 Å². The Balaban J connectivity index is 2.89. The average molecular weight is 320 g/mol. The molecule has 0 saturated heterocycles. The van der Waals surface area contributed by atoms with Crippen molar-refractivity contribution in [1.82, 2.24) is 14.1 Å². The molecule has 0 radical (unpaired) electrons. The molecule has 8 nitrogen and oxygen atoms in total.